The summed E-state index contributed by atoms with van der Waals surface area (Å²) in [5.41, 5.74) is 5.96. The number of hydrogen-bond acceptors (Lipinski definition) is 4. The molecule has 96 valence electrons. The van der Waals surface area contributed by atoms with Crippen LogP contribution in [0.15, 0.2) is 18.2 Å². The third-order valence-corrected chi connectivity index (χ3v) is 2.34. The zero-order valence-electron chi connectivity index (χ0n) is 8.89. The Morgan fingerprint density at radius 3 is 2.59 bits per heavy atom. The number of nitrogens with two attached hydrogens (primary N) is 1. The first-order chi connectivity index (χ1) is 7.41. The largest absolute Gasteiger partial charge is 0.586 e. The van der Waals surface area contributed by atoms with Gasteiger partial charge in [-0.3, -0.25) is 0 Å². The zero-order valence-corrected chi connectivity index (χ0v) is 9.71. The first-order valence-electron chi connectivity index (χ1n) is 4.73. The van der Waals surface area contributed by atoms with Gasteiger partial charge in [-0.1, -0.05) is 12.1 Å². The second kappa shape index (κ2) is 4.64. The van der Waals surface area contributed by atoms with E-state index in [1.165, 1.54) is 25.1 Å². The molecular formula is C10H12ClF2NO3. The van der Waals surface area contributed by atoms with Gasteiger partial charge in [0.2, 0.25) is 0 Å². The first kappa shape index (κ1) is 14.0. The highest BCUT2D eigenvalue weighted by Crippen LogP contribution is 2.45. The molecule has 2 atom stereocenters. The molecule has 0 radical (unpaired) electrons. The van der Waals surface area contributed by atoms with Gasteiger partial charge in [0.15, 0.2) is 11.5 Å². The van der Waals surface area contributed by atoms with Crippen LogP contribution in [0.5, 0.6) is 11.5 Å². The van der Waals surface area contributed by atoms with Crippen LogP contribution in [0.3, 0.4) is 0 Å². The number of benzene rings is 1. The quantitative estimate of drug-likeness (QED) is 0.858. The van der Waals surface area contributed by atoms with Gasteiger partial charge in [-0.05, 0) is 13.0 Å². The highest BCUT2D eigenvalue weighted by atomic mass is 35.5. The molecule has 0 aromatic heterocycles. The molecule has 0 spiro atoms. The third kappa shape index (κ3) is 2.59. The van der Waals surface area contributed by atoms with E-state index in [0.717, 1.165) is 0 Å². The summed E-state index contributed by atoms with van der Waals surface area (Å²) >= 11 is 0. The Hall–Kier alpha value is -1.11. The van der Waals surface area contributed by atoms with Gasteiger partial charge in [0.05, 0.1) is 12.1 Å². The second-order valence-corrected chi connectivity index (χ2v) is 3.61. The summed E-state index contributed by atoms with van der Waals surface area (Å²) < 4.78 is 34.3. The monoisotopic (exact) mass is 267 g/mol. The molecule has 2 rings (SSSR count). The molecule has 1 aromatic carbocycles. The van der Waals surface area contributed by atoms with Crippen LogP contribution in [0.1, 0.15) is 18.5 Å². The molecule has 0 aliphatic carbocycles. The van der Waals surface area contributed by atoms with E-state index in [2.05, 4.69) is 9.47 Å². The van der Waals surface area contributed by atoms with Gasteiger partial charge in [0.25, 0.3) is 0 Å². The number of ether oxygens (including phenoxy) is 2. The topological polar surface area (TPSA) is 64.7 Å². The fraction of sp³-hybridized carbons (Fsp3) is 0.400. The Bertz CT molecular complexity index is 415. The Morgan fingerprint density at radius 2 is 2.00 bits per heavy atom. The Morgan fingerprint density at radius 1 is 1.35 bits per heavy atom. The Balaban J connectivity index is 0.00000144. The van der Waals surface area contributed by atoms with Crippen LogP contribution in [-0.2, 0) is 0 Å². The average molecular weight is 268 g/mol. The minimum Gasteiger partial charge on any atom is -0.395 e. The van der Waals surface area contributed by atoms with E-state index in [4.69, 9.17) is 5.73 Å². The second-order valence-electron chi connectivity index (χ2n) is 3.61. The summed E-state index contributed by atoms with van der Waals surface area (Å²) in [6, 6.07) is 3.59. The van der Waals surface area contributed by atoms with Crippen LogP contribution in [0.2, 0.25) is 0 Å². The molecular weight excluding hydrogens is 256 g/mol. The molecule has 3 N–H and O–H groups in total. The van der Waals surface area contributed by atoms with E-state index in [1.54, 1.807) is 0 Å². The number of alkyl halides is 2. The highest BCUT2D eigenvalue weighted by molar-refractivity contribution is 5.85. The van der Waals surface area contributed by atoms with Crippen LogP contribution in [-0.4, -0.2) is 17.5 Å². The van der Waals surface area contributed by atoms with Gasteiger partial charge >= 0.3 is 6.29 Å². The summed E-state index contributed by atoms with van der Waals surface area (Å²) in [5.74, 6) is -0.181. The lowest BCUT2D eigenvalue weighted by Crippen LogP contribution is -2.27. The van der Waals surface area contributed by atoms with Crippen molar-refractivity contribution in [3.63, 3.8) is 0 Å². The molecule has 17 heavy (non-hydrogen) atoms. The minimum absolute atomic E-state index is 0. The van der Waals surface area contributed by atoms with Crippen molar-refractivity contribution in [2.75, 3.05) is 0 Å². The first-order valence-corrected chi connectivity index (χ1v) is 4.73. The third-order valence-electron chi connectivity index (χ3n) is 2.34. The maximum atomic E-state index is 12.8. The van der Waals surface area contributed by atoms with Crippen LogP contribution in [0, 0.1) is 0 Å². The number of hydrogen-bond donors (Lipinski definition) is 2. The van der Waals surface area contributed by atoms with Gasteiger partial charge in [0, 0.05) is 5.56 Å². The number of para-hydroxylation sites is 1. The lowest BCUT2D eigenvalue weighted by molar-refractivity contribution is -0.287. The van der Waals surface area contributed by atoms with E-state index in [-0.39, 0.29) is 23.9 Å². The SMILES string of the molecule is C[C@@H](O)[C@@H](N)c1cccc2c1OC(F)(F)O2.Cl. The molecule has 4 nitrogen and oxygen atoms in total. The van der Waals surface area contributed by atoms with Crippen molar-refractivity contribution in [3.05, 3.63) is 23.8 Å². The summed E-state index contributed by atoms with van der Waals surface area (Å²) in [6.45, 7) is 1.47. The van der Waals surface area contributed by atoms with Gasteiger partial charge < -0.3 is 20.3 Å². The van der Waals surface area contributed by atoms with Gasteiger partial charge in [-0.15, -0.1) is 21.2 Å². The minimum atomic E-state index is -3.67. The fourth-order valence-corrected chi connectivity index (χ4v) is 1.51. The number of halogens is 3. The summed E-state index contributed by atoms with van der Waals surface area (Å²) in [7, 11) is 0. The van der Waals surface area contributed by atoms with E-state index >= 15 is 0 Å². The molecule has 0 saturated heterocycles. The van der Waals surface area contributed by atoms with E-state index in [0.29, 0.717) is 5.56 Å². The molecule has 0 saturated carbocycles. The predicted octanol–water partition coefficient (Wildman–Crippen LogP) is 1.81. The zero-order chi connectivity index (χ0) is 11.9. The average Bonchev–Trinajstić information content (AvgIpc) is 2.49. The van der Waals surface area contributed by atoms with Gasteiger partial charge in [-0.25, -0.2) is 0 Å². The highest BCUT2D eigenvalue weighted by Gasteiger charge is 2.45. The van der Waals surface area contributed by atoms with E-state index in [1.807, 2.05) is 0 Å². The summed E-state index contributed by atoms with van der Waals surface area (Å²) in [5, 5.41) is 9.33. The lowest BCUT2D eigenvalue weighted by Gasteiger charge is -2.16. The molecule has 1 heterocycles. The van der Waals surface area contributed by atoms with Crippen molar-refractivity contribution in [2.24, 2.45) is 5.73 Å². The Labute approximate surface area is 103 Å². The molecule has 1 aliphatic heterocycles. The molecule has 1 aromatic rings. The van der Waals surface area contributed by atoms with Crippen LogP contribution < -0.4 is 15.2 Å². The molecule has 0 fully saturated rings. The maximum Gasteiger partial charge on any atom is 0.586 e. The van der Waals surface area contributed by atoms with Gasteiger partial charge in [-0.2, -0.15) is 0 Å². The fourth-order valence-electron chi connectivity index (χ4n) is 1.51. The van der Waals surface area contributed by atoms with Crippen molar-refractivity contribution in [1.29, 1.82) is 0 Å². The van der Waals surface area contributed by atoms with Crippen molar-refractivity contribution >= 4 is 12.4 Å². The van der Waals surface area contributed by atoms with Crippen molar-refractivity contribution < 1.29 is 23.4 Å². The molecule has 1 aliphatic rings. The van der Waals surface area contributed by atoms with Crippen molar-refractivity contribution in [1.82, 2.24) is 0 Å². The standard InChI is InChI=1S/C10H11F2NO3.ClH/c1-5(14)8(13)6-3-2-4-7-9(6)16-10(11,12)15-7;/h2-5,8,14H,13H2,1H3;1H/t5-,8-;/m1./s1. The maximum absolute atomic E-state index is 12.8. The number of rotatable bonds is 2. The lowest BCUT2D eigenvalue weighted by atomic mass is 10.0. The summed E-state index contributed by atoms with van der Waals surface area (Å²) in [6.07, 6.45) is -4.54. The predicted molar refractivity (Wildman–Crippen MR) is 58.5 cm³/mol. The molecule has 0 amide bonds. The molecule has 0 unspecified atom stereocenters. The van der Waals surface area contributed by atoms with Crippen molar-refractivity contribution in [3.8, 4) is 11.5 Å². The smallest absolute Gasteiger partial charge is 0.395 e. The van der Waals surface area contributed by atoms with Gasteiger partial charge in [0.1, 0.15) is 0 Å². The van der Waals surface area contributed by atoms with Crippen LogP contribution in [0.4, 0.5) is 8.78 Å². The van der Waals surface area contributed by atoms with Crippen LogP contribution in [0.25, 0.3) is 0 Å². The normalized spacial score (nSPS) is 19.4. The van der Waals surface area contributed by atoms with Crippen molar-refractivity contribution in [2.45, 2.75) is 25.4 Å². The van der Waals surface area contributed by atoms with Crippen LogP contribution >= 0.6 is 12.4 Å². The number of fused-ring (bicyclic) bond motifs is 1. The number of aliphatic hydroxyl groups is 1. The molecule has 7 heteroatoms. The van der Waals surface area contributed by atoms with E-state index < -0.39 is 18.4 Å². The van der Waals surface area contributed by atoms with E-state index in [9.17, 15) is 13.9 Å². The Kier molecular flexibility index (Phi) is 3.81. The number of aliphatic hydroxyl groups excluding tert-OH is 1. The molecule has 0 bridgehead atoms. The summed E-state index contributed by atoms with van der Waals surface area (Å²) in [4.78, 5) is 0.